The highest BCUT2D eigenvalue weighted by Crippen LogP contribution is 2.27. The number of hydrogen-bond donors (Lipinski definition) is 0. The van der Waals surface area contributed by atoms with Crippen LogP contribution in [-0.2, 0) is 0 Å². The van der Waals surface area contributed by atoms with Crippen molar-refractivity contribution in [2.45, 2.75) is 159 Å². The van der Waals surface area contributed by atoms with E-state index < -0.39 is 0 Å². The second-order valence-electron chi connectivity index (χ2n) is 6.35. The molecule has 0 bridgehead atoms. The summed E-state index contributed by atoms with van der Waals surface area (Å²) in [4.78, 5) is 0. The van der Waals surface area contributed by atoms with Gasteiger partial charge in [-0.05, 0) is 24.2 Å². The van der Waals surface area contributed by atoms with Crippen molar-refractivity contribution < 1.29 is 0 Å². The normalized spacial score (nSPS) is 7.68. The molecular formula is C25H70. The summed E-state index contributed by atoms with van der Waals surface area (Å²) in [6, 6.07) is 0. The molecule has 0 aliphatic heterocycles. The van der Waals surface area contributed by atoms with E-state index in [4.69, 9.17) is 0 Å². The second-order valence-corrected chi connectivity index (χ2v) is 6.35. The van der Waals surface area contributed by atoms with E-state index in [0.717, 1.165) is 5.92 Å². The lowest BCUT2D eigenvalue weighted by Gasteiger charge is -2.22. The number of rotatable bonds is 8. The fourth-order valence-electron chi connectivity index (χ4n) is 2.61. The third-order valence-electron chi connectivity index (χ3n) is 3.42. The maximum atomic E-state index is 2.36. The van der Waals surface area contributed by atoms with Crippen molar-refractivity contribution in [3.05, 3.63) is 0 Å². The van der Waals surface area contributed by atoms with Gasteiger partial charge in [-0.15, -0.1) is 0 Å². The van der Waals surface area contributed by atoms with Gasteiger partial charge in [0.15, 0.2) is 0 Å². The van der Waals surface area contributed by atoms with E-state index in [1.54, 1.807) is 0 Å². The highest BCUT2D eigenvalue weighted by molar-refractivity contribution is 4.66. The second kappa shape index (κ2) is 43.9. The van der Waals surface area contributed by atoms with Crippen LogP contribution in [0.4, 0.5) is 0 Å². The molecule has 0 heterocycles. The zero-order chi connectivity index (χ0) is 13.7. The standard InChI is InChI=1S/C9H20.C8H18.8CH4/c1-5-7-9(3,4)8-6-2;1-4-6-8(3)7-5-2;;;;;;;;/h5-8H2,1-4H3;8H,4-7H2,1-3H3;8*1H4. The zero-order valence-corrected chi connectivity index (χ0v) is 13.7. The van der Waals surface area contributed by atoms with Crippen LogP contribution in [0.5, 0.6) is 0 Å². The molecule has 25 heavy (non-hydrogen) atoms. The van der Waals surface area contributed by atoms with Gasteiger partial charge in [0, 0.05) is 0 Å². The van der Waals surface area contributed by atoms with Gasteiger partial charge in [-0.3, -0.25) is 0 Å². The van der Waals surface area contributed by atoms with Crippen LogP contribution in [0.15, 0.2) is 0 Å². The molecule has 0 rings (SSSR count). The molecule has 0 spiro atoms. The van der Waals surface area contributed by atoms with E-state index in [1.165, 1.54) is 51.4 Å². The molecule has 170 valence electrons. The summed E-state index contributed by atoms with van der Waals surface area (Å²) in [6.45, 7) is 16.1. The van der Waals surface area contributed by atoms with Crippen LogP contribution in [-0.4, -0.2) is 0 Å². The van der Waals surface area contributed by atoms with Gasteiger partial charge in [0.1, 0.15) is 0 Å². The molecule has 0 aromatic carbocycles. The first-order valence-corrected chi connectivity index (χ1v) is 7.93. The predicted molar refractivity (Wildman–Crippen MR) is 136 cm³/mol. The van der Waals surface area contributed by atoms with Crippen molar-refractivity contribution in [3.63, 3.8) is 0 Å². The Hall–Kier alpha value is 0. The van der Waals surface area contributed by atoms with E-state index in [1.807, 2.05) is 0 Å². The third-order valence-corrected chi connectivity index (χ3v) is 3.42. The molecule has 0 aromatic rings. The van der Waals surface area contributed by atoms with Gasteiger partial charge in [0.05, 0.1) is 0 Å². The maximum absolute atomic E-state index is 2.36. The van der Waals surface area contributed by atoms with Gasteiger partial charge >= 0.3 is 0 Å². The lowest BCUT2D eigenvalue weighted by atomic mass is 9.84. The third kappa shape index (κ3) is 59.3. The number of hydrogen-bond acceptors (Lipinski definition) is 0. The summed E-state index contributed by atoms with van der Waals surface area (Å²) in [5, 5.41) is 0. The topological polar surface area (TPSA) is 0 Å². The molecule has 0 saturated heterocycles. The highest BCUT2D eigenvalue weighted by Gasteiger charge is 2.13. The van der Waals surface area contributed by atoms with Crippen molar-refractivity contribution in [2.75, 3.05) is 0 Å². The van der Waals surface area contributed by atoms with E-state index >= 15 is 0 Å². The Kier molecular flexibility index (Phi) is 112. The van der Waals surface area contributed by atoms with Crippen LogP contribution < -0.4 is 0 Å². The molecule has 0 saturated carbocycles. The Morgan fingerprint density at radius 2 is 0.760 bits per heavy atom. The van der Waals surface area contributed by atoms with Gasteiger partial charge in [0.2, 0.25) is 0 Å². The van der Waals surface area contributed by atoms with Crippen LogP contribution in [0.2, 0.25) is 0 Å². The summed E-state index contributed by atoms with van der Waals surface area (Å²) in [6.07, 6.45) is 10.9. The Bertz CT molecular complexity index is 121. The molecule has 0 nitrogen and oxygen atoms in total. The monoisotopic (exact) mass is 371 g/mol. The maximum Gasteiger partial charge on any atom is -0.0354 e. The lowest BCUT2D eigenvalue weighted by Crippen LogP contribution is -2.09. The minimum Gasteiger partial charge on any atom is -0.0776 e. The van der Waals surface area contributed by atoms with Crippen molar-refractivity contribution in [2.24, 2.45) is 11.3 Å². The smallest absolute Gasteiger partial charge is 0.0354 e. The molecule has 0 N–H and O–H groups in total. The quantitative estimate of drug-likeness (QED) is 0.398. The molecule has 0 heteroatoms. The molecule has 0 aliphatic carbocycles. The highest BCUT2D eigenvalue weighted by atomic mass is 14.2. The largest absolute Gasteiger partial charge is 0.0776 e. The van der Waals surface area contributed by atoms with Gasteiger partial charge in [0.25, 0.3) is 0 Å². The SMILES string of the molecule is C.C.C.C.C.C.C.C.CCCC(C)(C)CCC.CCCC(C)CCC. The Labute approximate surface area is 171 Å². The molecular weight excluding hydrogens is 300 g/mol. The fourth-order valence-corrected chi connectivity index (χ4v) is 2.61. The summed E-state index contributed by atoms with van der Waals surface area (Å²) in [5.41, 5.74) is 0.601. The lowest BCUT2D eigenvalue weighted by molar-refractivity contribution is 0.301. The first kappa shape index (κ1) is 64.0. The van der Waals surface area contributed by atoms with Crippen molar-refractivity contribution >= 4 is 0 Å². The van der Waals surface area contributed by atoms with Gasteiger partial charge < -0.3 is 0 Å². The van der Waals surface area contributed by atoms with Crippen LogP contribution in [0.1, 0.15) is 159 Å². The van der Waals surface area contributed by atoms with E-state index in [0.29, 0.717) is 5.41 Å². The molecule has 0 aromatic heterocycles. The van der Waals surface area contributed by atoms with E-state index in [2.05, 4.69) is 48.5 Å². The zero-order valence-electron chi connectivity index (χ0n) is 13.7. The average molecular weight is 371 g/mol. The first-order chi connectivity index (χ1) is 7.93. The van der Waals surface area contributed by atoms with Crippen LogP contribution in [0, 0.1) is 11.3 Å². The molecule has 0 fully saturated rings. The summed E-state index contributed by atoms with van der Waals surface area (Å²) >= 11 is 0. The van der Waals surface area contributed by atoms with Crippen LogP contribution in [0.3, 0.4) is 0 Å². The Morgan fingerprint density at radius 3 is 0.920 bits per heavy atom. The van der Waals surface area contributed by atoms with Gasteiger partial charge in [-0.2, -0.15) is 0 Å². The fraction of sp³-hybridized carbons (Fsp3) is 1.00. The Balaban J connectivity index is -0.0000000171. The summed E-state index contributed by atoms with van der Waals surface area (Å²) < 4.78 is 0. The molecule has 0 atom stereocenters. The Morgan fingerprint density at radius 1 is 0.520 bits per heavy atom. The van der Waals surface area contributed by atoms with Gasteiger partial charge in [-0.1, -0.05) is 146 Å². The van der Waals surface area contributed by atoms with E-state index in [9.17, 15) is 0 Å². The van der Waals surface area contributed by atoms with Gasteiger partial charge in [-0.25, -0.2) is 0 Å². The van der Waals surface area contributed by atoms with Crippen molar-refractivity contribution in [3.8, 4) is 0 Å². The minimum absolute atomic E-state index is 0. The average Bonchev–Trinajstić information content (AvgIpc) is 2.18. The van der Waals surface area contributed by atoms with E-state index in [-0.39, 0.29) is 59.4 Å². The molecule has 0 unspecified atom stereocenters. The minimum atomic E-state index is 0. The van der Waals surface area contributed by atoms with Crippen LogP contribution >= 0.6 is 0 Å². The molecule has 0 aliphatic rings. The van der Waals surface area contributed by atoms with Crippen molar-refractivity contribution in [1.29, 1.82) is 0 Å². The predicted octanol–water partition coefficient (Wildman–Crippen LogP) is 11.9. The molecule has 0 radical (unpaired) electrons. The summed E-state index contributed by atoms with van der Waals surface area (Å²) in [5.74, 6) is 0.963. The van der Waals surface area contributed by atoms with Crippen molar-refractivity contribution in [1.82, 2.24) is 0 Å². The van der Waals surface area contributed by atoms with Crippen LogP contribution in [0.25, 0.3) is 0 Å². The first-order valence-electron chi connectivity index (χ1n) is 7.93. The summed E-state index contributed by atoms with van der Waals surface area (Å²) in [7, 11) is 0. The molecule has 0 amide bonds.